The summed E-state index contributed by atoms with van der Waals surface area (Å²) in [6.07, 6.45) is 1.89. The fraction of sp³-hybridized carbons (Fsp3) is 0.364. The van der Waals surface area contributed by atoms with Crippen molar-refractivity contribution in [1.82, 2.24) is 0 Å². The lowest BCUT2D eigenvalue weighted by molar-refractivity contribution is 0.171. The van der Waals surface area contributed by atoms with Crippen LogP contribution >= 0.6 is 11.8 Å². The summed E-state index contributed by atoms with van der Waals surface area (Å²) in [5.74, 6) is 1.53. The van der Waals surface area contributed by atoms with Gasteiger partial charge < -0.3 is 14.4 Å². The Morgan fingerprint density at radius 1 is 1.31 bits per heavy atom. The molecule has 2 rings (SSSR count). The summed E-state index contributed by atoms with van der Waals surface area (Å²) in [5.41, 5.74) is 0.934. The van der Waals surface area contributed by atoms with Crippen LogP contribution in [0.25, 0.3) is 0 Å². The fourth-order valence-corrected chi connectivity index (χ4v) is 1.87. The first-order valence-corrected chi connectivity index (χ1v) is 6.21. The minimum Gasteiger partial charge on any atom is -0.486 e. The number of anilines is 1. The molecular formula is C11H14N2O2S. The van der Waals surface area contributed by atoms with Gasteiger partial charge in [0.25, 0.3) is 0 Å². The number of nitrogens with one attached hydrogen (secondary N) is 1. The summed E-state index contributed by atoms with van der Waals surface area (Å²) < 4.78 is 10.9. The van der Waals surface area contributed by atoms with E-state index in [1.165, 1.54) is 11.8 Å². The highest BCUT2D eigenvalue weighted by Crippen LogP contribution is 2.34. The number of fused-ring (bicyclic) bond motifs is 1. The number of nitrogens with zero attached hydrogens (tertiary/aromatic N) is 1. The number of hydrogen-bond donors (Lipinski definition) is 1. The molecule has 0 amide bonds. The summed E-state index contributed by atoms with van der Waals surface area (Å²) in [5, 5.41) is 8.23. The highest BCUT2D eigenvalue weighted by molar-refractivity contribution is 8.13. The Morgan fingerprint density at radius 3 is 2.69 bits per heavy atom. The van der Waals surface area contributed by atoms with Crippen LogP contribution in [-0.2, 0) is 0 Å². The molecule has 1 aromatic carbocycles. The van der Waals surface area contributed by atoms with Gasteiger partial charge in [0.05, 0.1) is 0 Å². The molecule has 0 atom stereocenters. The smallest absolute Gasteiger partial charge is 0.163 e. The van der Waals surface area contributed by atoms with Crippen LogP contribution in [0.2, 0.25) is 0 Å². The number of amidine groups is 1. The van der Waals surface area contributed by atoms with Crippen molar-refractivity contribution in [2.24, 2.45) is 0 Å². The first-order chi connectivity index (χ1) is 7.72. The highest BCUT2D eigenvalue weighted by Gasteiger charge is 2.14. The Kier molecular flexibility index (Phi) is 3.24. The molecule has 1 aliphatic rings. The van der Waals surface area contributed by atoms with Crippen LogP contribution in [0.4, 0.5) is 5.69 Å². The van der Waals surface area contributed by atoms with Gasteiger partial charge in [-0.25, -0.2) is 0 Å². The average molecular weight is 238 g/mol. The summed E-state index contributed by atoms with van der Waals surface area (Å²) in [4.78, 5) is 1.81. The van der Waals surface area contributed by atoms with Gasteiger partial charge in [-0.1, -0.05) is 11.8 Å². The van der Waals surface area contributed by atoms with E-state index in [-0.39, 0.29) is 0 Å². The van der Waals surface area contributed by atoms with Crippen LogP contribution < -0.4 is 14.4 Å². The number of thioether (sulfide) groups is 1. The normalized spacial score (nSPS) is 13.4. The molecular weight excluding hydrogens is 224 g/mol. The molecule has 0 spiro atoms. The summed E-state index contributed by atoms with van der Waals surface area (Å²) in [6, 6.07) is 5.71. The Hall–Kier alpha value is -1.36. The molecule has 16 heavy (non-hydrogen) atoms. The number of hydrogen-bond acceptors (Lipinski definition) is 4. The van der Waals surface area contributed by atoms with Crippen molar-refractivity contribution < 1.29 is 9.47 Å². The van der Waals surface area contributed by atoms with Crippen LogP contribution in [0.15, 0.2) is 18.2 Å². The molecule has 1 heterocycles. The lowest BCUT2D eigenvalue weighted by atomic mass is 10.2. The second-order valence-electron chi connectivity index (χ2n) is 3.40. The van der Waals surface area contributed by atoms with Gasteiger partial charge in [-0.15, -0.1) is 0 Å². The molecule has 0 aromatic heterocycles. The van der Waals surface area contributed by atoms with Crippen LogP contribution in [-0.4, -0.2) is 31.7 Å². The maximum absolute atomic E-state index is 7.74. The van der Waals surface area contributed by atoms with E-state index in [0.29, 0.717) is 18.4 Å². The van der Waals surface area contributed by atoms with E-state index in [0.717, 1.165) is 17.2 Å². The van der Waals surface area contributed by atoms with Gasteiger partial charge >= 0.3 is 0 Å². The zero-order valence-corrected chi connectivity index (χ0v) is 10.1. The Balaban J connectivity index is 2.26. The Bertz CT molecular complexity index is 409. The standard InChI is InChI=1S/C11H14N2O2S/c1-13(11(12)16-2)8-3-4-9-10(7-8)15-6-5-14-9/h3-4,7,12H,5-6H2,1-2H3. The van der Waals surface area contributed by atoms with Gasteiger partial charge in [0.2, 0.25) is 0 Å². The quantitative estimate of drug-likeness (QED) is 0.602. The molecule has 5 heteroatoms. The van der Waals surface area contributed by atoms with Crippen LogP contribution in [0.5, 0.6) is 11.5 Å². The largest absolute Gasteiger partial charge is 0.486 e. The molecule has 0 fully saturated rings. The van der Waals surface area contributed by atoms with Crippen molar-refractivity contribution in [1.29, 1.82) is 5.41 Å². The molecule has 86 valence electrons. The van der Waals surface area contributed by atoms with Crippen molar-refractivity contribution in [2.75, 3.05) is 31.4 Å². The maximum Gasteiger partial charge on any atom is 0.163 e. The van der Waals surface area contributed by atoms with E-state index in [1.807, 2.05) is 36.4 Å². The van der Waals surface area contributed by atoms with Gasteiger partial charge in [0, 0.05) is 18.8 Å². The molecule has 0 unspecified atom stereocenters. The fourth-order valence-electron chi connectivity index (χ4n) is 1.49. The van der Waals surface area contributed by atoms with E-state index in [2.05, 4.69) is 0 Å². The predicted molar refractivity (Wildman–Crippen MR) is 67.1 cm³/mol. The van der Waals surface area contributed by atoms with Crippen LogP contribution in [0.3, 0.4) is 0 Å². The van der Waals surface area contributed by atoms with Gasteiger partial charge in [-0.2, -0.15) is 0 Å². The average Bonchev–Trinajstić information content (AvgIpc) is 2.36. The third kappa shape index (κ3) is 2.09. The van der Waals surface area contributed by atoms with E-state index < -0.39 is 0 Å². The molecule has 0 bridgehead atoms. The summed E-state index contributed by atoms with van der Waals surface area (Å²) >= 11 is 1.40. The third-order valence-electron chi connectivity index (χ3n) is 2.41. The summed E-state index contributed by atoms with van der Waals surface area (Å²) in [7, 11) is 1.87. The number of ether oxygens (including phenoxy) is 2. The van der Waals surface area contributed by atoms with Crippen LogP contribution in [0.1, 0.15) is 0 Å². The Morgan fingerprint density at radius 2 is 2.00 bits per heavy atom. The van der Waals surface area contributed by atoms with Crippen molar-refractivity contribution in [3.05, 3.63) is 18.2 Å². The minimum absolute atomic E-state index is 0.497. The van der Waals surface area contributed by atoms with Gasteiger partial charge in [0.1, 0.15) is 13.2 Å². The lowest BCUT2D eigenvalue weighted by Crippen LogP contribution is -2.22. The van der Waals surface area contributed by atoms with E-state index >= 15 is 0 Å². The molecule has 0 saturated heterocycles. The molecule has 0 aliphatic carbocycles. The second-order valence-corrected chi connectivity index (χ2v) is 4.19. The molecule has 1 aliphatic heterocycles. The zero-order valence-electron chi connectivity index (χ0n) is 9.32. The molecule has 0 radical (unpaired) electrons. The topological polar surface area (TPSA) is 45.6 Å². The van der Waals surface area contributed by atoms with Crippen molar-refractivity contribution in [3.63, 3.8) is 0 Å². The van der Waals surface area contributed by atoms with Crippen molar-refractivity contribution in [3.8, 4) is 11.5 Å². The van der Waals surface area contributed by atoms with E-state index in [1.54, 1.807) is 0 Å². The highest BCUT2D eigenvalue weighted by atomic mass is 32.2. The monoisotopic (exact) mass is 238 g/mol. The third-order valence-corrected chi connectivity index (χ3v) is 3.07. The van der Waals surface area contributed by atoms with E-state index in [9.17, 15) is 0 Å². The molecule has 1 aromatic rings. The van der Waals surface area contributed by atoms with Crippen molar-refractivity contribution in [2.45, 2.75) is 0 Å². The molecule has 0 saturated carbocycles. The van der Waals surface area contributed by atoms with Gasteiger partial charge in [-0.3, -0.25) is 5.41 Å². The first kappa shape index (κ1) is 11.1. The molecule has 4 nitrogen and oxygen atoms in total. The predicted octanol–water partition coefficient (Wildman–Crippen LogP) is 2.19. The van der Waals surface area contributed by atoms with Crippen LogP contribution in [0, 0.1) is 5.41 Å². The lowest BCUT2D eigenvalue weighted by Gasteiger charge is -2.22. The maximum atomic E-state index is 7.74. The second kappa shape index (κ2) is 4.65. The first-order valence-electron chi connectivity index (χ1n) is 4.98. The minimum atomic E-state index is 0.497. The number of rotatable bonds is 1. The van der Waals surface area contributed by atoms with Gasteiger partial charge in [-0.05, 0) is 18.4 Å². The SMILES string of the molecule is CSC(=N)N(C)c1ccc2c(c1)OCCO2. The number of benzene rings is 1. The zero-order chi connectivity index (χ0) is 11.5. The van der Waals surface area contributed by atoms with Crippen molar-refractivity contribution >= 4 is 22.6 Å². The van der Waals surface area contributed by atoms with E-state index in [4.69, 9.17) is 14.9 Å². The Labute approximate surface area is 99.0 Å². The molecule has 1 N–H and O–H groups in total. The van der Waals surface area contributed by atoms with Gasteiger partial charge in [0.15, 0.2) is 16.7 Å². The summed E-state index contributed by atoms with van der Waals surface area (Å²) in [6.45, 7) is 1.18.